The summed E-state index contributed by atoms with van der Waals surface area (Å²) in [5.74, 6) is -1.22. The second-order valence-electron chi connectivity index (χ2n) is 4.12. The Hall–Kier alpha value is -1.44. The molecule has 0 atom stereocenters. The number of benzene rings is 1. The summed E-state index contributed by atoms with van der Waals surface area (Å²) in [7, 11) is -3.47. The van der Waals surface area contributed by atoms with Crippen molar-refractivity contribution in [1.29, 1.82) is 0 Å². The monoisotopic (exact) mass is 287 g/mol. The zero-order valence-corrected chi connectivity index (χ0v) is 11.2. The molecule has 1 rings (SSSR count). The van der Waals surface area contributed by atoms with Crippen molar-refractivity contribution in [2.24, 2.45) is 0 Å². The molecular formula is C12H17NO5S. The van der Waals surface area contributed by atoms with Crippen LogP contribution in [0, 0.1) is 0 Å². The highest BCUT2D eigenvalue weighted by Gasteiger charge is 2.11. The van der Waals surface area contributed by atoms with Crippen LogP contribution < -0.4 is 4.72 Å². The first-order valence-corrected chi connectivity index (χ1v) is 7.46. The van der Waals surface area contributed by atoms with Crippen molar-refractivity contribution in [2.75, 3.05) is 5.75 Å². The first kappa shape index (κ1) is 15.6. The summed E-state index contributed by atoms with van der Waals surface area (Å²) in [4.78, 5) is 10.3. The molecule has 0 saturated carbocycles. The molecular weight excluding hydrogens is 270 g/mol. The van der Waals surface area contributed by atoms with Gasteiger partial charge in [0.05, 0.1) is 12.4 Å². The fourth-order valence-corrected chi connectivity index (χ4v) is 2.57. The average molecular weight is 287 g/mol. The predicted molar refractivity (Wildman–Crippen MR) is 69.9 cm³/mol. The number of nitrogens with one attached hydrogen (secondary N) is 1. The van der Waals surface area contributed by atoms with Crippen molar-refractivity contribution in [2.45, 2.75) is 26.0 Å². The van der Waals surface area contributed by atoms with E-state index in [0.29, 0.717) is 5.56 Å². The van der Waals surface area contributed by atoms with Crippen LogP contribution in [0.15, 0.2) is 24.3 Å². The molecule has 0 fully saturated rings. The Kier molecular flexibility index (Phi) is 5.94. The largest absolute Gasteiger partial charge is 0.481 e. The Morgan fingerprint density at radius 2 is 1.95 bits per heavy atom. The lowest BCUT2D eigenvalue weighted by Gasteiger charge is -2.07. The number of aliphatic carboxylic acids is 1. The minimum Gasteiger partial charge on any atom is -0.481 e. The Morgan fingerprint density at radius 3 is 2.58 bits per heavy atom. The molecule has 3 N–H and O–H groups in total. The third-order valence-corrected chi connectivity index (χ3v) is 3.88. The van der Waals surface area contributed by atoms with Gasteiger partial charge >= 0.3 is 5.97 Å². The molecule has 6 nitrogen and oxygen atoms in total. The van der Waals surface area contributed by atoms with Crippen molar-refractivity contribution >= 4 is 16.0 Å². The maximum atomic E-state index is 11.6. The van der Waals surface area contributed by atoms with Crippen LogP contribution in [0.3, 0.4) is 0 Å². The van der Waals surface area contributed by atoms with Gasteiger partial charge in [0, 0.05) is 13.0 Å². The van der Waals surface area contributed by atoms with Crippen molar-refractivity contribution in [3.05, 3.63) is 35.4 Å². The van der Waals surface area contributed by atoms with Crippen LogP contribution in [-0.4, -0.2) is 30.4 Å². The number of hydrogen-bond donors (Lipinski definition) is 3. The Labute approximate surface area is 112 Å². The molecule has 7 heteroatoms. The van der Waals surface area contributed by atoms with E-state index in [1.807, 2.05) is 0 Å². The highest BCUT2D eigenvalue weighted by molar-refractivity contribution is 7.89. The van der Waals surface area contributed by atoms with Crippen LogP contribution in [0.25, 0.3) is 0 Å². The van der Waals surface area contributed by atoms with Crippen LogP contribution in [0.1, 0.15) is 24.0 Å². The summed E-state index contributed by atoms with van der Waals surface area (Å²) in [6.07, 6.45) is -0.0811. The second-order valence-corrected chi connectivity index (χ2v) is 6.04. The lowest BCUT2D eigenvalue weighted by molar-refractivity contribution is -0.137. The van der Waals surface area contributed by atoms with Gasteiger partial charge in [0.25, 0.3) is 0 Å². The number of aliphatic hydroxyl groups excluding tert-OH is 1. The normalized spacial score (nSPS) is 11.4. The average Bonchev–Trinajstić information content (AvgIpc) is 2.36. The molecule has 1 aromatic rings. The molecule has 0 aliphatic heterocycles. The summed E-state index contributed by atoms with van der Waals surface area (Å²) in [6.45, 7) is 0.0302. The zero-order valence-electron chi connectivity index (χ0n) is 10.4. The predicted octanol–water partition coefficient (Wildman–Crippen LogP) is 0.463. The number of sulfonamides is 1. The molecule has 0 aliphatic carbocycles. The smallest absolute Gasteiger partial charge is 0.303 e. The van der Waals surface area contributed by atoms with Crippen LogP contribution in [-0.2, 0) is 28.0 Å². The van der Waals surface area contributed by atoms with E-state index in [1.165, 1.54) is 0 Å². The molecule has 0 aromatic heterocycles. The van der Waals surface area contributed by atoms with E-state index in [1.54, 1.807) is 24.3 Å². The Balaban J connectivity index is 2.47. The first-order chi connectivity index (χ1) is 8.93. The van der Waals surface area contributed by atoms with E-state index < -0.39 is 16.0 Å². The summed E-state index contributed by atoms with van der Waals surface area (Å²) < 4.78 is 25.6. The van der Waals surface area contributed by atoms with E-state index in [4.69, 9.17) is 10.2 Å². The van der Waals surface area contributed by atoms with Crippen LogP contribution in [0.4, 0.5) is 0 Å². The fourth-order valence-electron chi connectivity index (χ4n) is 1.52. The lowest BCUT2D eigenvalue weighted by atomic mass is 10.1. The van der Waals surface area contributed by atoms with Gasteiger partial charge in [-0.15, -0.1) is 0 Å². The van der Waals surface area contributed by atoms with Crippen molar-refractivity contribution in [3.63, 3.8) is 0 Å². The lowest BCUT2D eigenvalue weighted by Crippen LogP contribution is -2.26. The molecule has 0 bridgehead atoms. The van der Waals surface area contributed by atoms with Gasteiger partial charge in [-0.25, -0.2) is 13.1 Å². The number of rotatable bonds is 8. The van der Waals surface area contributed by atoms with Crippen LogP contribution in [0.5, 0.6) is 0 Å². The summed E-state index contributed by atoms with van der Waals surface area (Å²) in [5.41, 5.74) is 1.45. The third kappa shape index (κ3) is 6.32. The van der Waals surface area contributed by atoms with E-state index in [2.05, 4.69) is 4.72 Å². The Morgan fingerprint density at radius 1 is 1.26 bits per heavy atom. The number of hydrogen-bond acceptors (Lipinski definition) is 4. The second kappa shape index (κ2) is 7.22. The highest BCUT2D eigenvalue weighted by Crippen LogP contribution is 2.06. The summed E-state index contributed by atoms with van der Waals surface area (Å²) >= 11 is 0. The number of carbonyl (C=O) groups is 1. The highest BCUT2D eigenvalue weighted by atomic mass is 32.2. The zero-order chi connectivity index (χ0) is 14.3. The topological polar surface area (TPSA) is 104 Å². The van der Waals surface area contributed by atoms with Gasteiger partial charge in [-0.1, -0.05) is 24.3 Å². The van der Waals surface area contributed by atoms with Gasteiger partial charge in [0.1, 0.15) is 0 Å². The van der Waals surface area contributed by atoms with Crippen LogP contribution in [0.2, 0.25) is 0 Å². The molecule has 0 spiro atoms. The SMILES string of the molecule is O=C(O)CCCS(=O)(=O)NCc1cccc(CO)c1. The number of aliphatic hydroxyl groups is 1. The molecule has 0 unspecified atom stereocenters. The summed E-state index contributed by atoms with van der Waals surface area (Å²) in [5, 5.41) is 17.4. The first-order valence-electron chi connectivity index (χ1n) is 5.81. The number of carboxylic acid groups (broad SMARTS) is 1. The van der Waals surface area contributed by atoms with Gasteiger partial charge in [0.15, 0.2) is 0 Å². The molecule has 0 heterocycles. The van der Waals surface area contributed by atoms with Gasteiger partial charge < -0.3 is 10.2 Å². The van der Waals surface area contributed by atoms with Gasteiger partial charge in [-0.2, -0.15) is 0 Å². The molecule has 0 amide bonds. The minimum atomic E-state index is -3.47. The standard InChI is InChI=1S/C12H17NO5S/c14-9-11-4-1-3-10(7-11)8-13-19(17,18)6-2-5-12(15)16/h1,3-4,7,13-14H,2,5-6,8-9H2,(H,15,16). The summed E-state index contributed by atoms with van der Waals surface area (Å²) in [6, 6.07) is 6.93. The quantitative estimate of drug-likeness (QED) is 0.644. The number of carboxylic acids is 1. The van der Waals surface area contributed by atoms with Crippen molar-refractivity contribution < 1.29 is 23.4 Å². The molecule has 0 saturated heterocycles. The molecule has 19 heavy (non-hydrogen) atoms. The minimum absolute atomic E-state index is 0.0847. The van der Waals surface area contributed by atoms with E-state index in [-0.39, 0.29) is 31.7 Å². The van der Waals surface area contributed by atoms with Gasteiger partial charge in [-0.05, 0) is 17.5 Å². The van der Waals surface area contributed by atoms with E-state index in [0.717, 1.165) is 5.56 Å². The van der Waals surface area contributed by atoms with Gasteiger partial charge in [-0.3, -0.25) is 4.79 Å². The fraction of sp³-hybridized carbons (Fsp3) is 0.417. The van der Waals surface area contributed by atoms with Gasteiger partial charge in [0.2, 0.25) is 10.0 Å². The maximum Gasteiger partial charge on any atom is 0.303 e. The molecule has 1 aromatic carbocycles. The van der Waals surface area contributed by atoms with Crippen molar-refractivity contribution in [1.82, 2.24) is 4.72 Å². The third-order valence-electron chi connectivity index (χ3n) is 2.47. The molecule has 106 valence electrons. The van der Waals surface area contributed by atoms with E-state index in [9.17, 15) is 13.2 Å². The molecule has 0 aliphatic rings. The molecule has 0 radical (unpaired) electrons. The Bertz CT molecular complexity index is 527. The van der Waals surface area contributed by atoms with Crippen molar-refractivity contribution in [3.8, 4) is 0 Å². The van der Waals surface area contributed by atoms with Crippen LogP contribution >= 0.6 is 0 Å². The maximum absolute atomic E-state index is 11.6. The van der Waals surface area contributed by atoms with E-state index >= 15 is 0 Å².